The second-order valence-corrected chi connectivity index (χ2v) is 4.42. The van der Waals surface area contributed by atoms with Gasteiger partial charge in [-0.05, 0) is 6.42 Å². The van der Waals surface area contributed by atoms with Crippen LogP contribution in [0.5, 0.6) is 17.2 Å². The van der Waals surface area contributed by atoms with Crippen molar-refractivity contribution in [2.24, 2.45) is 0 Å². The number of aromatic carboxylic acids is 1. The van der Waals surface area contributed by atoms with Gasteiger partial charge in [0.25, 0.3) is 0 Å². The Bertz CT molecular complexity index is 455. The van der Waals surface area contributed by atoms with E-state index < -0.39 is 5.97 Å². The summed E-state index contributed by atoms with van der Waals surface area (Å²) in [5.41, 5.74) is 0.111. The maximum atomic E-state index is 11.2. The Labute approximate surface area is 112 Å². The Kier molecular flexibility index (Phi) is 4.49. The van der Waals surface area contributed by atoms with Crippen molar-refractivity contribution in [2.75, 3.05) is 13.4 Å². The van der Waals surface area contributed by atoms with Gasteiger partial charge in [-0.2, -0.15) is 0 Å². The molecule has 0 atom stereocenters. The van der Waals surface area contributed by atoms with Gasteiger partial charge in [-0.1, -0.05) is 26.2 Å². The number of carboxylic acids is 1. The summed E-state index contributed by atoms with van der Waals surface area (Å²) >= 11 is 0. The number of carboxylic acid groups (broad SMARTS) is 1. The van der Waals surface area contributed by atoms with Gasteiger partial charge in [0.15, 0.2) is 11.5 Å². The van der Waals surface area contributed by atoms with Gasteiger partial charge in [-0.15, -0.1) is 0 Å². The molecule has 1 heterocycles. The topological polar surface area (TPSA) is 65.0 Å². The van der Waals surface area contributed by atoms with Gasteiger partial charge in [0.2, 0.25) is 6.79 Å². The summed E-state index contributed by atoms with van der Waals surface area (Å²) in [6.45, 7) is 2.77. The van der Waals surface area contributed by atoms with Gasteiger partial charge < -0.3 is 19.3 Å². The van der Waals surface area contributed by atoms with Crippen LogP contribution in [0, 0.1) is 0 Å². The molecule has 0 amide bonds. The molecule has 0 unspecified atom stereocenters. The van der Waals surface area contributed by atoms with Crippen LogP contribution in [0.1, 0.15) is 43.0 Å². The lowest BCUT2D eigenvalue weighted by atomic mass is 10.1. The van der Waals surface area contributed by atoms with Crippen LogP contribution in [0.4, 0.5) is 0 Å². The maximum Gasteiger partial charge on any atom is 0.339 e. The second-order valence-electron chi connectivity index (χ2n) is 4.42. The van der Waals surface area contributed by atoms with Crippen LogP contribution in [0.25, 0.3) is 0 Å². The number of unbranched alkanes of at least 4 members (excludes halogenated alkanes) is 3. The highest BCUT2D eigenvalue weighted by Crippen LogP contribution is 2.38. The van der Waals surface area contributed by atoms with E-state index in [4.69, 9.17) is 19.3 Å². The number of rotatable bonds is 7. The van der Waals surface area contributed by atoms with E-state index in [-0.39, 0.29) is 12.4 Å². The van der Waals surface area contributed by atoms with Gasteiger partial charge in [-0.25, -0.2) is 4.79 Å². The summed E-state index contributed by atoms with van der Waals surface area (Å²) in [4.78, 5) is 11.2. The quantitative estimate of drug-likeness (QED) is 0.768. The zero-order chi connectivity index (χ0) is 13.7. The van der Waals surface area contributed by atoms with Crippen molar-refractivity contribution in [3.8, 4) is 17.2 Å². The third-order valence-corrected chi connectivity index (χ3v) is 2.96. The summed E-state index contributed by atoms with van der Waals surface area (Å²) in [6.07, 6.45) is 4.32. The van der Waals surface area contributed by atoms with Gasteiger partial charge >= 0.3 is 5.97 Å². The molecule has 1 N–H and O–H groups in total. The Balaban J connectivity index is 2.03. The molecule has 19 heavy (non-hydrogen) atoms. The fourth-order valence-electron chi connectivity index (χ4n) is 1.92. The van der Waals surface area contributed by atoms with Crippen molar-refractivity contribution >= 4 is 5.97 Å². The summed E-state index contributed by atoms with van der Waals surface area (Å²) < 4.78 is 15.9. The summed E-state index contributed by atoms with van der Waals surface area (Å²) in [5.74, 6) is 0.305. The van der Waals surface area contributed by atoms with E-state index in [1.54, 1.807) is 6.07 Å². The van der Waals surface area contributed by atoms with Crippen molar-refractivity contribution in [1.29, 1.82) is 0 Å². The van der Waals surface area contributed by atoms with Crippen LogP contribution < -0.4 is 14.2 Å². The number of hydrogen-bond acceptors (Lipinski definition) is 4. The van der Waals surface area contributed by atoms with E-state index in [1.807, 2.05) is 0 Å². The van der Waals surface area contributed by atoms with E-state index in [0.717, 1.165) is 25.7 Å². The van der Waals surface area contributed by atoms with Crippen molar-refractivity contribution in [3.63, 3.8) is 0 Å². The molecule has 5 heteroatoms. The van der Waals surface area contributed by atoms with Crippen molar-refractivity contribution in [2.45, 2.75) is 32.6 Å². The minimum absolute atomic E-state index is 0.111. The smallest absolute Gasteiger partial charge is 0.339 e. The van der Waals surface area contributed by atoms with Crippen molar-refractivity contribution in [1.82, 2.24) is 0 Å². The Morgan fingerprint density at radius 1 is 1.26 bits per heavy atom. The van der Waals surface area contributed by atoms with E-state index in [0.29, 0.717) is 23.9 Å². The third-order valence-electron chi connectivity index (χ3n) is 2.96. The molecule has 1 aliphatic heterocycles. The molecular weight excluding hydrogens is 248 g/mol. The molecular formula is C14H18O5. The van der Waals surface area contributed by atoms with Gasteiger partial charge in [0.05, 0.1) is 6.61 Å². The van der Waals surface area contributed by atoms with Crippen LogP contribution >= 0.6 is 0 Å². The van der Waals surface area contributed by atoms with Crippen LogP contribution in [0.2, 0.25) is 0 Å². The van der Waals surface area contributed by atoms with Crippen molar-refractivity contribution < 1.29 is 24.1 Å². The minimum atomic E-state index is -1.03. The number of carbonyl (C=O) groups is 1. The molecule has 0 spiro atoms. The molecule has 0 saturated carbocycles. The van der Waals surface area contributed by atoms with Gasteiger partial charge in [-0.3, -0.25) is 0 Å². The van der Waals surface area contributed by atoms with Gasteiger partial charge in [0.1, 0.15) is 11.3 Å². The molecule has 0 radical (unpaired) electrons. The third kappa shape index (κ3) is 3.30. The average Bonchev–Trinajstić information content (AvgIpc) is 2.84. The summed E-state index contributed by atoms with van der Waals surface area (Å²) in [6, 6.07) is 3.04. The lowest BCUT2D eigenvalue weighted by Gasteiger charge is -2.10. The second kappa shape index (κ2) is 6.31. The largest absolute Gasteiger partial charge is 0.493 e. The number of hydrogen-bond donors (Lipinski definition) is 1. The van der Waals surface area contributed by atoms with E-state index >= 15 is 0 Å². The summed E-state index contributed by atoms with van der Waals surface area (Å²) in [7, 11) is 0. The molecule has 1 aromatic carbocycles. The maximum absolute atomic E-state index is 11.2. The number of benzene rings is 1. The van der Waals surface area contributed by atoms with Crippen LogP contribution in [0.3, 0.4) is 0 Å². The first kappa shape index (κ1) is 13.5. The number of ether oxygens (including phenoxy) is 3. The lowest BCUT2D eigenvalue weighted by Crippen LogP contribution is -2.04. The molecule has 0 aliphatic carbocycles. The summed E-state index contributed by atoms with van der Waals surface area (Å²) in [5, 5.41) is 9.16. The fourth-order valence-corrected chi connectivity index (χ4v) is 1.92. The normalized spacial score (nSPS) is 12.5. The molecule has 0 saturated heterocycles. The molecule has 5 nitrogen and oxygen atoms in total. The van der Waals surface area contributed by atoms with Gasteiger partial charge in [0, 0.05) is 12.1 Å². The highest BCUT2D eigenvalue weighted by Gasteiger charge is 2.21. The molecule has 104 valence electrons. The first-order valence-electron chi connectivity index (χ1n) is 6.52. The number of fused-ring (bicyclic) bond motifs is 1. The first-order chi connectivity index (χ1) is 9.22. The minimum Gasteiger partial charge on any atom is -0.493 e. The van der Waals surface area contributed by atoms with Crippen molar-refractivity contribution in [3.05, 3.63) is 17.7 Å². The Morgan fingerprint density at radius 3 is 2.68 bits per heavy atom. The zero-order valence-electron chi connectivity index (χ0n) is 11.0. The standard InChI is InChI=1S/C14H18O5/c1-2-3-4-5-6-17-11-8-13-12(18-9-19-13)7-10(11)14(15)16/h7-8H,2-6,9H2,1H3,(H,15,16). The van der Waals surface area contributed by atoms with E-state index in [1.165, 1.54) is 6.07 Å². The van der Waals surface area contributed by atoms with Crippen LogP contribution in [-0.2, 0) is 0 Å². The zero-order valence-corrected chi connectivity index (χ0v) is 11.0. The molecule has 1 aromatic rings. The monoisotopic (exact) mass is 266 g/mol. The molecule has 0 aromatic heterocycles. The Morgan fingerprint density at radius 2 is 2.00 bits per heavy atom. The lowest BCUT2D eigenvalue weighted by molar-refractivity contribution is 0.0691. The first-order valence-corrected chi connectivity index (χ1v) is 6.52. The average molecular weight is 266 g/mol. The predicted octanol–water partition coefficient (Wildman–Crippen LogP) is 3.07. The molecule has 0 bridgehead atoms. The molecule has 0 fully saturated rings. The molecule has 2 rings (SSSR count). The molecule has 1 aliphatic rings. The SMILES string of the molecule is CCCCCCOc1cc2c(cc1C(=O)O)OCO2. The highest BCUT2D eigenvalue weighted by atomic mass is 16.7. The predicted molar refractivity (Wildman–Crippen MR) is 69.2 cm³/mol. The van der Waals surface area contributed by atoms with E-state index in [2.05, 4.69) is 6.92 Å². The Hall–Kier alpha value is -1.91. The van der Waals surface area contributed by atoms with E-state index in [9.17, 15) is 4.79 Å². The highest BCUT2D eigenvalue weighted by molar-refractivity contribution is 5.92. The van der Waals surface area contributed by atoms with Crippen LogP contribution in [-0.4, -0.2) is 24.5 Å². The fraction of sp³-hybridized carbons (Fsp3) is 0.500. The van der Waals surface area contributed by atoms with Crippen LogP contribution in [0.15, 0.2) is 12.1 Å².